The van der Waals surface area contributed by atoms with Gasteiger partial charge in [0, 0.05) is 24.6 Å². The molecule has 0 aliphatic heterocycles. The summed E-state index contributed by atoms with van der Waals surface area (Å²) in [5.74, 6) is 0.0587. The zero-order chi connectivity index (χ0) is 15.1. The Balaban J connectivity index is 2.64. The summed E-state index contributed by atoms with van der Waals surface area (Å²) >= 11 is 1.65. The van der Waals surface area contributed by atoms with Crippen molar-refractivity contribution in [3.05, 3.63) is 29.8 Å². The van der Waals surface area contributed by atoms with E-state index in [1.54, 1.807) is 30.8 Å². The van der Waals surface area contributed by atoms with Gasteiger partial charge in [-0.3, -0.25) is 14.5 Å². The fraction of sp³-hybridized carbons (Fsp3) is 0.467. The highest BCUT2D eigenvalue weighted by Crippen LogP contribution is 2.15. The van der Waals surface area contributed by atoms with Crippen molar-refractivity contribution < 1.29 is 9.59 Å². The van der Waals surface area contributed by atoms with Crippen LogP contribution in [0.5, 0.6) is 0 Å². The van der Waals surface area contributed by atoms with Crippen LogP contribution < -0.4 is 0 Å². The topological polar surface area (TPSA) is 40.6 Å². The van der Waals surface area contributed by atoms with Crippen LogP contribution in [0, 0.1) is 0 Å². The molecule has 5 heteroatoms. The van der Waals surface area contributed by atoms with Crippen LogP contribution in [-0.2, 0) is 4.79 Å². The number of ketones is 1. The smallest absolute Gasteiger partial charge is 0.236 e. The number of hydrogen-bond acceptors (Lipinski definition) is 4. The standard InChI is InChI=1S/C15H22N2O2S/c1-5-17(11-15(19)16(2)3)10-14(18)12-6-8-13(20-4)9-7-12/h6-9H,5,10-11H2,1-4H3. The van der Waals surface area contributed by atoms with E-state index in [1.807, 2.05) is 42.3 Å². The first-order valence-electron chi connectivity index (χ1n) is 6.57. The van der Waals surface area contributed by atoms with Crippen molar-refractivity contribution in [2.75, 3.05) is 40.0 Å². The van der Waals surface area contributed by atoms with Gasteiger partial charge in [-0.2, -0.15) is 0 Å². The second-order valence-corrected chi connectivity index (χ2v) is 5.62. The van der Waals surface area contributed by atoms with Gasteiger partial charge < -0.3 is 4.90 Å². The molecule has 20 heavy (non-hydrogen) atoms. The summed E-state index contributed by atoms with van der Waals surface area (Å²) in [5.41, 5.74) is 0.693. The SMILES string of the molecule is CCN(CC(=O)c1ccc(SC)cc1)CC(=O)N(C)C. The van der Waals surface area contributed by atoms with Crippen molar-refractivity contribution in [1.29, 1.82) is 0 Å². The number of nitrogens with zero attached hydrogens (tertiary/aromatic N) is 2. The second kappa shape index (κ2) is 8.07. The molecule has 1 amide bonds. The van der Waals surface area contributed by atoms with E-state index < -0.39 is 0 Å². The molecule has 0 saturated heterocycles. The first kappa shape index (κ1) is 16.7. The Labute approximate surface area is 125 Å². The van der Waals surface area contributed by atoms with Crippen LogP contribution >= 0.6 is 11.8 Å². The average molecular weight is 294 g/mol. The van der Waals surface area contributed by atoms with E-state index in [0.717, 1.165) is 4.90 Å². The maximum absolute atomic E-state index is 12.2. The Bertz CT molecular complexity index is 457. The van der Waals surface area contributed by atoms with E-state index >= 15 is 0 Å². The molecule has 0 aromatic heterocycles. The lowest BCUT2D eigenvalue weighted by molar-refractivity contribution is -0.129. The van der Waals surface area contributed by atoms with Crippen molar-refractivity contribution in [2.45, 2.75) is 11.8 Å². The van der Waals surface area contributed by atoms with Crippen molar-refractivity contribution >= 4 is 23.5 Å². The van der Waals surface area contributed by atoms with E-state index in [1.165, 1.54) is 0 Å². The number of amides is 1. The average Bonchev–Trinajstić information content (AvgIpc) is 2.46. The van der Waals surface area contributed by atoms with Crippen LogP contribution in [0.15, 0.2) is 29.2 Å². The summed E-state index contributed by atoms with van der Waals surface area (Å²) < 4.78 is 0. The third-order valence-corrected chi connectivity index (χ3v) is 3.83. The van der Waals surface area contributed by atoms with Gasteiger partial charge in [0.1, 0.15) is 0 Å². The van der Waals surface area contributed by atoms with E-state index in [4.69, 9.17) is 0 Å². The highest BCUT2D eigenvalue weighted by molar-refractivity contribution is 7.98. The molecule has 1 aromatic carbocycles. The Morgan fingerprint density at radius 3 is 2.15 bits per heavy atom. The molecule has 4 nitrogen and oxygen atoms in total. The number of thioether (sulfide) groups is 1. The third-order valence-electron chi connectivity index (χ3n) is 3.08. The van der Waals surface area contributed by atoms with E-state index in [-0.39, 0.29) is 24.8 Å². The van der Waals surface area contributed by atoms with Crippen LogP contribution in [0.4, 0.5) is 0 Å². The van der Waals surface area contributed by atoms with Crippen LogP contribution in [0.25, 0.3) is 0 Å². The molecule has 110 valence electrons. The Hall–Kier alpha value is -1.33. The summed E-state index contributed by atoms with van der Waals surface area (Å²) in [4.78, 5) is 28.4. The zero-order valence-corrected chi connectivity index (χ0v) is 13.4. The normalized spacial score (nSPS) is 10.7. The highest BCUT2D eigenvalue weighted by atomic mass is 32.2. The van der Waals surface area contributed by atoms with Gasteiger partial charge in [-0.25, -0.2) is 0 Å². The lowest BCUT2D eigenvalue weighted by atomic mass is 10.1. The zero-order valence-electron chi connectivity index (χ0n) is 12.5. The number of hydrogen-bond donors (Lipinski definition) is 0. The predicted molar refractivity (Wildman–Crippen MR) is 83.4 cm³/mol. The molecular weight excluding hydrogens is 272 g/mol. The molecular formula is C15H22N2O2S. The van der Waals surface area contributed by atoms with Crippen molar-refractivity contribution in [1.82, 2.24) is 9.80 Å². The minimum Gasteiger partial charge on any atom is -0.348 e. The van der Waals surface area contributed by atoms with Crippen LogP contribution in [-0.4, -0.2) is 61.5 Å². The van der Waals surface area contributed by atoms with E-state index in [2.05, 4.69) is 0 Å². The largest absolute Gasteiger partial charge is 0.348 e. The summed E-state index contributed by atoms with van der Waals surface area (Å²) in [5, 5.41) is 0. The number of benzene rings is 1. The minimum atomic E-state index is 0.0115. The number of carbonyl (C=O) groups excluding carboxylic acids is 2. The Morgan fingerprint density at radius 2 is 1.70 bits per heavy atom. The molecule has 0 bridgehead atoms. The summed E-state index contributed by atoms with van der Waals surface area (Å²) in [6.07, 6.45) is 2.00. The van der Waals surface area contributed by atoms with Gasteiger partial charge in [-0.05, 0) is 24.9 Å². The maximum Gasteiger partial charge on any atom is 0.236 e. The molecule has 0 fully saturated rings. The monoisotopic (exact) mass is 294 g/mol. The van der Waals surface area contributed by atoms with Gasteiger partial charge in [-0.15, -0.1) is 11.8 Å². The summed E-state index contributed by atoms with van der Waals surface area (Å²) in [6.45, 7) is 3.17. The first-order valence-corrected chi connectivity index (χ1v) is 7.80. The quantitative estimate of drug-likeness (QED) is 0.570. The molecule has 0 saturated carbocycles. The summed E-state index contributed by atoms with van der Waals surface area (Å²) in [6, 6.07) is 7.57. The molecule has 1 aromatic rings. The third kappa shape index (κ3) is 4.98. The van der Waals surface area contributed by atoms with Crippen LogP contribution in [0.2, 0.25) is 0 Å². The van der Waals surface area contributed by atoms with Crippen molar-refractivity contribution in [3.8, 4) is 0 Å². The molecule has 0 heterocycles. The molecule has 0 spiro atoms. The van der Waals surface area contributed by atoms with Gasteiger partial charge in [-0.1, -0.05) is 19.1 Å². The molecule has 0 atom stereocenters. The molecule has 0 aliphatic carbocycles. The van der Waals surface area contributed by atoms with E-state index in [0.29, 0.717) is 12.1 Å². The fourth-order valence-electron chi connectivity index (χ4n) is 1.68. The lowest BCUT2D eigenvalue weighted by Crippen LogP contribution is -2.39. The van der Waals surface area contributed by atoms with Crippen LogP contribution in [0.1, 0.15) is 17.3 Å². The van der Waals surface area contributed by atoms with E-state index in [9.17, 15) is 9.59 Å². The highest BCUT2D eigenvalue weighted by Gasteiger charge is 2.15. The van der Waals surface area contributed by atoms with Gasteiger partial charge >= 0.3 is 0 Å². The second-order valence-electron chi connectivity index (χ2n) is 4.74. The lowest BCUT2D eigenvalue weighted by Gasteiger charge is -2.21. The minimum absolute atomic E-state index is 0.0115. The van der Waals surface area contributed by atoms with Gasteiger partial charge in [0.2, 0.25) is 5.91 Å². The van der Waals surface area contributed by atoms with Gasteiger partial charge in [0.15, 0.2) is 5.78 Å². The maximum atomic E-state index is 12.2. The Morgan fingerprint density at radius 1 is 1.10 bits per heavy atom. The first-order chi connectivity index (χ1) is 9.47. The molecule has 0 radical (unpaired) electrons. The summed E-state index contributed by atoms with van der Waals surface area (Å²) in [7, 11) is 3.44. The molecule has 0 N–H and O–H groups in total. The van der Waals surface area contributed by atoms with Gasteiger partial charge in [0.05, 0.1) is 13.1 Å². The number of carbonyl (C=O) groups is 2. The molecule has 1 rings (SSSR count). The number of rotatable bonds is 7. The number of Topliss-reactive ketones (excluding diaryl/α,β-unsaturated/α-hetero) is 1. The fourth-order valence-corrected chi connectivity index (χ4v) is 2.09. The molecule has 0 unspecified atom stereocenters. The van der Waals surface area contributed by atoms with Crippen molar-refractivity contribution in [3.63, 3.8) is 0 Å². The number of likely N-dealkylation sites (N-methyl/N-ethyl adjacent to an activating group) is 2. The van der Waals surface area contributed by atoms with Crippen molar-refractivity contribution in [2.24, 2.45) is 0 Å². The van der Waals surface area contributed by atoms with Gasteiger partial charge in [0.25, 0.3) is 0 Å². The van der Waals surface area contributed by atoms with Crippen LogP contribution in [0.3, 0.4) is 0 Å². The molecule has 0 aliphatic rings. The predicted octanol–water partition coefficient (Wildman–Crippen LogP) is 2.00. The Kier molecular flexibility index (Phi) is 6.75.